The Hall–Kier alpha value is 0.640. The summed E-state index contributed by atoms with van der Waals surface area (Å²) in [6.45, 7) is 0.625. The molecule has 0 spiro atoms. The van der Waals surface area contributed by atoms with Crippen LogP contribution >= 0.6 is 22.6 Å². The van der Waals surface area contributed by atoms with Crippen LogP contribution in [-0.4, -0.2) is 24.6 Å². The molecule has 0 aliphatic heterocycles. The van der Waals surface area contributed by atoms with E-state index in [1.165, 1.54) is 17.3 Å². The number of rotatable bonds is 8. The zero-order chi connectivity index (χ0) is 11.9. The molecule has 0 heterocycles. The van der Waals surface area contributed by atoms with Gasteiger partial charge in [0.15, 0.2) is 0 Å². The Labute approximate surface area is 113 Å². The molecule has 0 saturated heterocycles. The third-order valence-corrected chi connectivity index (χ3v) is 5.82. The van der Waals surface area contributed by atoms with Gasteiger partial charge >= 0.3 is 0 Å². The van der Waals surface area contributed by atoms with Crippen LogP contribution in [0.2, 0.25) is 0 Å². The molecular formula is C11H22INO2S. The smallest absolute Gasteiger partial charge is 0.214 e. The Morgan fingerprint density at radius 1 is 1.06 bits per heavy atom. The number of alkyl halides is 1. The zero-order valence-electron chi connectivity index (χ0n) is 9.75. The van der Waals surface area contributed by atoms with Crippen LogP contribution in [0.4, 0.5) is 0 Å². The van der Waals surface area contributed by atoms with Gasteiger partial charge in [0.25, 0.3) is 0 Å². The van der Waals surface area contributed by atoms with Gasteiger partial charge in [-0.1, -0.05) is 48.3 Å². The molecule has 3 nitrogen and oxygen atoms in total. The van der Waals surface area contributed by atoms with Crippen LogP contribution in [0, 0.1) is 0 Å². The summed E-state index contributed by atoms with van der Waals surface area (Å²) in [6.07, 6.45) is 8.42. The van der Waals surface area contributed by atoms with Gasteiger partial charge in [0.2, 0.25) is 10.0 Å². The second-order valence-electron chi connectivity index (χ2n) is 4.45. The summed E-state index contributed by atoms with van der Waals surface area (Å²) < 4.78 is 27.6. The molecule has 1 aliphatic carbocycles. The lowest BCUT2D eigenvalue weighted by molar-refractivity contribution is 0.558. The maximum Gasteiger partial charge on any atom is 0.214 e. The fraction of sp³-hybridized carbons (Fsp3) is 1.00. The van der Waals surface area contributed by atoms with E-state index in [0.717, 1.165) is 38.5 Å². The highest BCUT2D eigenvalue weighted by molar-refractivity contribution is 14.1. The van der Waals surface area contributed by atoms with E-state index in [0.29, 0.717) is 6.54 Å². The van der Waals surface area contributed by atoms with E-state index in [-0.39, 0.29) is 5.25 Å². The average Bonchev–Trinajstić information content (AvgIpc) is 2.77. The summed E-state index contributed by atoms with van der Waals surface area (Å²) in [4.78, 5) is 0. The minimum absolute atomic E-state index is 0.109. The summed E-state index contributed by atoms with van der Waals surface area (Å²) in [6, 6.07) is 0. The SMILES string of the molecule is O=S(=O)(NCCCCCCI)C1CCCC1. The van der Waals surface area contributed by atoms with E-state index in [1.54, 1.807) is 0 Å². The van der Waals surface area contributed by atoms with Gasteiger partial charge in [-0.3, -0.25) is 0 Å². The van der Waals surface area contributed by atoms with Crippen molar-refractivity contribution in [3.63, 3.8) is 0 Å². The molecule has 1 saturated carbocycles. The van der Waals surface area contributed by atoms with Crippen molar-refractivity contribution in [2.24, 2.45) is 0 Å². The van der Waals surface area contributed by atoms with Crippen LogP contribution < -0.4 is 4.72 Å². The number of nitrogens with one attached hydrogen (secondary N) is 1. The second kappa shape index (κ2) is 7.87. The van der Waals surface area contributed by atoms with Gasteiger partial charge in [0.1, 0.15) is 0 Å². The van der Waals surface area contributed by atoms with Gasteiger partial charge < -0.3 is 0 Å². The Balaban J connectivity index is 2.11. The molecule has 0 aromatic rings. The molecule has 1 fully saturated rings. The summed E-state index contributed by atoms with van der Waals surface area (Å²) in [5.41, 5.74) is 0. The van der Waals surface area contributed by atoms with E-state index in [2.05, 4.69) is 27.3 Å². The van der Waals surface area contributed by atoms with Crippen molar-refractivity contribution in [1.82, 2.24) is 4.72 Å². The minimum atomic E-state index is -3.00. The van der Waals surface area contributed by atoms with Crippen molar-refractivity contribution in [3.8, 4) is 0 Å². The molecule has 0 aromatic heterocycles. The van der Waals surface area contributed by atoms with Crippen LogP contribution in [0.15, 0.2) is 0 Å². The fourth-order valence-corrected chi connectivity index (χ4v) is 4.26. The first kappa shape index (κ1) is 14.7. The van der Waals surface area contributed by atoms with Crippen molar-refractivity contribution in [3.05, 3.63) is 0 Å². The van der Waals surface area contributed by atoms with Gasteiger partial charge in [0, 0.05) is 6.54 Å². The summed E-state index contributed by atoms with van der Waals surface area (Å²) in [5, 5.41) is -0.109. The maximum atomic E-state index is 11.8. The highest BCUT2D eigenvalue weighted by atomic mass is 127. The normalized spacial score (nSPS) is 18.1. The molecule has 0 bridgehead atoms. The van der Waals surface area contributed by atoms with E-state index in [9.17, 15) is 8.42 Å². The van der Waals surface area contributed by atoms with Gasteiger partial charge in [0.05, 0.1) is 5.25 Å². The van der Waals surface area contributed by atoms with E-state index in [1.807, 2.05) is 0 Å². The topological polar surface area (TPSA) is 46.2 Å². The van der Waals surface area contributed by atoms with E-state index < -0.39 is 10.0 Å². The lowest BCUT2D eigenvalue weighted by atomic mass is 10.2. The summed E-state index contributed by atoms with van der Waals surface area (Å²) in [7, 11) is -3.00. The Morgan fingerprint density at radius 3 is 2.31 bits per heavy atom. The summed E-state index contributed by atoms with van der Waals surface area (Å²) >= 11 is 2.38. The van der Waals surface area contributed by atoms with Crippen LogP contribution in [0.3, 0.4) is 0 Å². The molecule has 1 aliphatic rings. The van der Waals surface area contributed by atoms with Crippen molar-refractivity contribution >= 4 is 32.6 Å². The predicted molar refractivity (Wildman–Crippen MR) is 76.5 cm³/mol. The average molecular weight is 359 g/mol. The quantitative estimate of drug-likeness (QED) is 0.412. The number of hydrogen-bond donors (Lipinski definition) is 1. The number of sulfonamides is 1. The number of hydrogen-bond acceptors (Lipinski definition) is 2. The molecule has 0 radical (unpaired) electrons. The first-order valence-electron chi connectivity index (χ1n) is 6.21. The molecule has 1 rings (SSSR count). The van der Waals surface area contributed by atoms with Crippen molar-refractivity contribution in [2.45, 2.75) is 56.6 Å². The molecule has 0 atom stereocenters. The third kappa shape index (κ3) is 5.31. The maximum absolute atomic E-state index is 11.8. The Morgan fingerprint density at radius 2 is 1.69 bits per heavy atom. The first-order valence-corrected chi connectivity index (χ1v) is 9.28. The van der Waals surface area contributed by atoms with Crippen LogP contribution in [0.25, 0.3) is 0 Å². The molecule has 0 aromatic carbocycles. The van der Waals surface area contributed by atoms with Crippen molar-refractivity contribution < 1.29 is 8.42 Å². The molecule has 0 unspecified atom stereocenters. The third-order valence-electron chi connectivity index (χ3n) is 3.10. The largest absolute Gasteiger partial charge is 0.215 e. The Kier molecular flexibility index (Phi) is 7.23. The van der Waals surface area contributed by atoms with Crippen LogP contribution in [0.5, 0.6) is 0 Å². The van der Waals surface area contributed by atoms with Crippen molar-refractivity contribution in [1.29, 1.82) is 0 Å². The first-order chi connectivity index (χ1) is 7.67. The highest BCUT2D eigenvalue weighted by Gasteiger charge is 2.27. The van der Waals surface area contributed by atoms with Gasteiger partial charge in [-0.05, 0) is 30.1 Å². The van der Waals surface area contributed by atoms with Crippen molar-refractivity contribution in [2.75, 3.05) is 11.0 Å². The minimum Gasteiger partial charge on any atom is -0.215 e. The summed E-state index contributed by atoms with van der Waals surface area (Å²) in [5.74, 6) is 0. The highest BCUT2D eigenvalue weighted by Crippen LogP contribution is 2.23. The molecule has 1 N–H and O–H groups in total. The van der Waals surface area contributed by atoms with Gasteiger partial charge in [-0.15, -0.1) is 0 Å². The number of unbranched alkanes of at least 4 members (excludes halogenated alkanes) is 3. The molecule has 96 valence electrons. The molecule has 5 heteroatoms. The van der Waals surface area contributed by atoms with Crippen LogP contribution in [-0.2, 0) is 10.0 Å². The molecule has 0 amide bonds. The number of halogens is 1. The molecular weight excluding hydrogens is 337 g/mol. The monoisotopic (exact) mass is 359 g/mol. The van der Waals surface area contributed by atoms with Gasteiger partial charge in [-0.2, -0.15) is 0 Å². The zero-order valence-corrected chi connectivity index (χ0v) is 12.7. The lowest BCUT2D eigenvalue weighted by Crippen LogP contribution is -2.33. The van der Waals surface area contributed by atoms with E-state index >= 15 is 0 Å². The lowest BCUT2D eigenvalue weighted by Gasteiger charge is -2.11. The van der Waals surface area contributed by atoms with E-state index in [4.69, 9.17) is 0 Å². The standard InChI is InChI=1S/C11H22INO2S/c12-9-5-1-2-6-10-13-16(14,15)11-7-3-4-8-11/h11,13H,1-10H2. The fourth-order valence-electron chi connectivity index (χ4n) is 2.10. The Bertz CT molecular complexity index is 274. The predicted octanol–water partition coefficient (Wildman–Crippen LogP) is 2.84. The van der Waals surface area contributed by atoms with Crippen LogP contribution in [0.1, 0.15) is 51.4 Å². The molecule has 16 heavy (non-hydrogen) atoms. The van der Waals surface area contributed by atoms with Gasteiger partial charge in [-0.25, -0.2) is 13.1 Å². The second-order valence-corrected chi connectivity index (χ2v) is 7.57.